The minimum Gasteiger partial charge on any atom is -0.726 e. The van der Waals surface area contributed by atoms with Crippen LogP contribution in [0.1, 0.15) is 96.1 Å². The maximum Gasteiger partial charge on any atom is 1.00 e. The number of benzene rings is 1. The quantitative estimate of drug-likeness (QED) is 0.0598. The molecule has 17 nitrogen and oxygen atoms in total. The molecule has 0 bridgehead atoms. The van der Waals surface area contributed by atoms with E-state index in [0.717, 1.165) is 29.6 Å². The number of rotatable bonds is 14. The van der Waals surface area contributed by atoms with Gasteiger partial charge in [0.1, 0.15) is 24.1 Å². The average Bonchev–Trinajstić information content (AvgIpc) is 3.71. The van der Waals surface area contributed by atoms with Crippen LogP contribution in [-0.4, -0.2) is 84.4 Å². The van der Waals surface area contributed by atoms with Crippen molar-refractivity contribution >= 4 is 37.2 Å². The second-order valence-corrected chi connectivity index (χ2v) is 19.6. The number of aromatic hydroxyl groups is 1. The summed E-state index contributed by atoms with van der Waals surface area (Å²) in [4.78, 5) is 20.3. The van der Waals surface area contributed by atoms with E-state index in [1.54, 1.807) is 26.0 Å². The molecule has 316 valence electrons. The van der Waals surface area contributed by atoms with Gasteiger partial charge in [-0.05, 0) is 135 Å². The number of ether oxygens (including phenoxy) is 1. The summed E-state index contributed by atoms with van der Waals surface area (Å²) in [6, 6.07) is 6.42. The third kappa shape index (κ3) is 12.4. The molecule has 0 aliphatic heterocycles. The number of hydrogen-bond donors (Lipinski definition) is 2. The molecule has 0 radical (unpaired) electrons. The summed E-state index contributed by atoms with van der Waals surface area (Å²) in [6.45, 7) is 11.9. The first-order valence-electron chi connectivity index (χ1n) is 18.7. The second kappa shape index (κ2) is 20.5. The Morgan fingerprint density at radius 3 is 2.10 bits per heavy atom. The van der Waals surface area contributed by atoms with Gasteiger partial charge in [-0.25, -0.2) is 35.0 Å². The summed E-state index contributed by atoms with van der Waals surface area (Å²) in [5.74, 6) is -1.20. The van der Waals surface area contributed by atoms with Crippen molar-refractivity contribution in [1.82, 2.24) is 9.97 Å². The first-order chi connectivity index (χ1) is 26.4. The Morgan fingerprint density at radius 1 is 0.933 bits per heavy atom. The summed E-state index contributed by atoms with van der Waals surface area (Å²) < 4.78 is 127. The van der Waals surface area contributed by atoms with E-state index in [2.05, 4.69) is 34.6 Å². The van der Waals surface area contributed by atoms with Crippen LogP contribution in [0.4, 0.5) is 0 Å². The fourth-order valence-electron chi connectivity index (χ4n) is 10.6. The molecular weight excluding hydrogens is 878 g/mol. The van der Waals surface area contributed by atoms with E-state index in [0.29, 0.717) is 37.0 Å². The predicted octanol–water partition coefficient (Wildman–Crippen LogP) is -4.21. The minimum absolute atomic E-state index is 0. The first kappa shape index (κ1) is 54.1. The third-order valence-corrected chi connectivity index (χ3v) is 14.5. The molecule has 0 spiro atoms. The summed E-state index contributed by atoms with van der Waals surface area (Å²) in [5, 5.41) is 9.59. The third-order valence-electron chi connectivity index (χ3n) is 13.1. The van der Waals surface area contributed by atoms with E-state index in [1.807, 2.05) is 0 Å². The monoisotopic (exact) mass is 924 g/mol. The number of nitrogens with zero attached hydrogens (tertiary/aromatic N) is 1. The van der Waals surface area contributed by atoms with Crippen LogP contribution in [0.15, 0.2) is 53.8 Å². The van der Waals surface area contributed by atoms with Gasteiger partial charge in [0.2, 0.25) is 37.0 Å². The van der Waals surface area contributed by atoms with Gasteiger partial charge in [0, 0.05) is 0 Å². The van der Waals surface area contributed by atoms with E-state index in [-0.39, 0.29) is 136 Å². The SMILES string of the molecule is C=C(C)[C@@H](CC[C@@H](C)[C@H]1CC[C@H]2C3=C(CC[C@]12C)[C@@]1(C)C[C@H](OS(=O)(=O)[O-])[C@H](OS(=O)(=O)[O-])C[C@@H]1[C@@H](OS(=O)(=O)[O-])C3)OC(=O)c1ncc(-c2ccc(O)cc2)[nH]1.[Na+].[Na+].[Na+]. The normalized spacial score (nSPS) is 29.9. The zero-order valence-corrected chi connectivity index (χ0v) is 43.4. The van der Waals surface area contributed by atoms with Crippen molar-refractivity contribution in [3.63, 3.8) is 0 Å². The van der Waals surface area contributed by atoms with Crippen molar-refractivity contribution < 1.29 is 155 Å². The van der Waals surface area contributed by atoms with Gasteiger partial charge < -0.3 is 28.5 Å². The van der Waals surface area contributed by atoms with Crippen molar-refractivity contribution in [1.29, 1.82) is 0 Å². The molecule has 0 saturated heterocycles. The Labute approximate surface area is 418 Å². The minimum atomic E-state index is -5.42. The number of carbonyl (C=O) groups is 1. The van der Waals surface area contributed by atoms with E-state index in [1.165, 1.54) is 18.3 Å². The molecular formula is C37H47N2Na3O15S3. The zero-order chi connectivity index (χ0) is 41.9. The molecule has 60 heavy (non-hydrogen) atoms. The van der Waals surface area contributed by atoms with Gasteiger partial charge in [-0.1, -0.05) is 38.5 Å². The molecule has 1 heterocycles. The zero-order valence-electron chi connectivity index (χ0n) is 34.9. The maximum absolute atomic E-state index is 13.2. The summed E-state index contributed by atoms with van der Waals surface area (Å²) in [5.41, 5.74) is 2.31. The van der Waals surface area contributed by atoms with E-state index < -0.39 is 79.3 Å². The molecule has 1 aromatic heterocycles. The van der Waals surface area contributed by atoms with E-state index in [4.69, 9.17) is 13.1 Å². The fourth-order valence-corrected chi connectivity index (χ4v) is 12.1. The van der Waals surface area contributed by atoms with Crippen LogP contribution < -0.4 is 88.7 Å². The predicted molar refractivity (Wildman–Crippen MR) is 198 cm³/mol. The number of H-pyrrole nitrogens is 1. The van der Waals surface area contributed by atoms with Crippen molar-refractivity contribution in [3.8, 4) is 17.0 Å². The van der Waals surface area contributed by atoms with Crippen molar-refractivity contribution in [2.75, 3.05) is 0 Å². The number of nitrogens with one attached hydrogen (secondary N) is 1. The molecule has 0 unspecified atom stereocenters. The van der Waals surface area contributed by atoms with Crippen LogP contribution in [0.3, 0.4) is 0 Å². The van der Waals surface area contributed by atoms with E-state index >= 15 is 0 Å². The number of carbonyl (C=O) groups excluding carboxylic acids is 1. The average molecular weight is 925 g/mol. The van der Waals surface area contributed by atoms with Crippen LogP contribution in [0.2, 0.25) is 0 Å². The number of esters is 1. The molecule has 0 amide bonds. The summed E-state index contributed by atoms with van der Waals surface area (Å²) in [6.07, 6.45) is -0.685. The van der Waals surface area contributed by atoms with Crippen molar-refractivity contribution in [2.45, 2.75) is 110 Å². The smallest absolute Gasteiger partial charge is 0.726 e. The van der Waals surface area contributed by atoms with Crippen molar-refractivity contribution in [2.24, 2.45) is 34.5 Å². The maximum atomic E-state index is 13.2. The molecule has 2 fully saturated rings. The molecule has 10 atom stereocenters. The van der Waals surface area contributed by atoms with Crippen LogP contribution in [0.25, 0.3) is 11.3 Å². The number of fused-ring (bicyclic) bond motifs is 4. The Hall–Kier alpha value is -0.210. The Morgan fingerprint density at radius 2 is 1.52 bits per heavy atom. The molecule has 2 N–H and O–H groups in total. The van der Waals surface area contributed by atoms with E-state index in [9.17, 15) is 48.8 Å². The van der Waals surface area contributed by atoms with Crippen LogP contribution in [0.5, 0.6) is 5.75 Å². The molecule has 2 saturated carbocycles. The number of imidazole rings is 1. The van der Waals surface area contributed by atoms with Crippen LogP contribution in [-0.2, 0) is 48.5 Å². The topological polar surface area (TPSA) is 274 Å². The number of hydrogen-bond acceptors (Lipinski definition) is 16. The van der Waals surface area contributed by atoms with Gasteiger partial charge in [0.05, 0.1) is 18.0 Å². The van der Waals surface area contributed by atoms with Gasteiger partial charge >= 0.3 is 94.6 Å². The number of phenolic OH excluding ortho intramolecular Hbond substituents is 1. The molecule has 2 aromatic rings. The number of aromatic amines is 1. The summed E-state index contributed by atoms with van der Waals surface area (Å²) >= 11 is 0. The van der Waals surface area contributed by atoms with Crippen LogP contribution >= 0.6 is 0 Å². The Balaban J connectivity index is 0.00000320. The van der Waals surface area contributed by atoms with Crippen molar-refractivity contribution in [3.05, 3.63) is 59.6 Å². The largest absolute Gasteiger partial charge is 1.00 e. The fraction of sp³-hybridized carbons (Fsp3) is 0.622. The summed E-state index contributed by atoms with van der Waals surface area (Å²) in [7, 11) is -16.1. The Bertz CT molecular complexity index is 2260. The molecule has 23 heteroatoms. The number of phenols is 1. The van der Waals surface area contributed by atoms with Gasteiger partial charge in [-0.2, -0.15) is 0 Å². The number of allylic oxidation sites excluding steroid dienone is 1. The number of aromatic nitrogens is 2. The van der Waals surface area contributed by atoms with Gasteiger partial charge in [-0.3, -0.25) is 12.5 Å². The standard InChI is InChI=1S/C37H50N2O15S3.3Na/c1-20(2)30(51-35(41)34-38-19-29(39-34)22-7-9-23(40)10-8-22)13-6-21(3)25-11-12-26-24-16-31(52-55(42,43)44)28-17-32(53-56(45,46)47)33(54-57(48,49)50)18-37(28,5)27(24)14-15-36(25,26)4;;;/h7-10,19,21,25-26,28,30-33,40H,1,6,11-18H2,2-5H3,(H,38,39)(H,42,43,44)(H,45,46,47)(H,48,49,50);;;/q;3*+1/p-3/t21-,25-,26+,28-,30-,31+,32-,33+,36-,37-;;;/m1.../s1. The molecule has 4 aliphatic carbocycles. The first-order valence-corrected chi connectivity index (χ1v) is 22.7. The van der Waals surface area contributed by atoms with Gasteiger partial charge in [-0.15, -0.1) is 0 Å². The Kier molecular flexibility index (Phi) is 18.5. The van der Waals surface area contributed by atoms with Gasteiger partial charge in [0.15, 0.2) is 0 Å². The van der Waals surface area contributed by atoms with Gasteiger partial charge in [0.25, 0.3) is 0 Å². The second-order valence-electron chi connectivity index (χ2n) is 16.5. The molecule has 6 rings (SSSR count). The molecule has 1 aromatic carbocycles. The van der Waals surface area contributed by atoms with Crippen LogP contribution in [0, 0.1) is 34.5 Å². The molecule has 4 aliphatic rings.